The van der Waals surface area contributed by atoms with Gasteiger partial charge in [-0.15, -0.1) is 0 Å². The molecule has 1 aromatic heterocycles. The number of anilines is 2. The van der Waals surface area contributed by atoms with Gasteiger partial charge >= 0.3 is 0 Å². The predicted molar refractivity (Wildman–Crippen MR) is 92.5 cm³/mol. The number of carbonyl (C=O) groups excluding carboxylic acids is 1. The lowest BCUT2D eigenvalue weighted by Crippen LogP contribution is -2.14. The summed E-state index contributed by atoms with van der Waals surface area (Å²) in [4.78, 5) is 16.6. The highest BCUT2D eigenvalue weighted by Crippen LogP contribution is 2.27. The number of benzene rings is 1. The molecule has 3 N–H and O–H groups in total. The van der Waals surface area contributed by atoms with Crippen LogP contribution in [0, 0.1) is 0 Å². The monoisotopic (exact) mass is 411 g/mol. The van der Waals surface area contributed by atoms with Crippen LogP contribution < -0.4 is 11.1 Å². The molecule has 0 bridgehead atoms. The number of nitrogen functional groups attached to an aromatic ring is 1. The molecule has 110 valence electrons. The first-order chi connectivity index (χ1) is 9.86. The lowest BCUT2D eigenvalue weighted by atomic mass is 10.1. The molecule has 21 heavy (non-hydrogen) atoms. The van der Waals surface area contributed by atoms with Crippen molar-refractivity contribution in [1.82, 2.24) is 4.98 Å². The Labute approximate surface area is 140 Å². The van der Waals surface area contributed by atoms with Crippen LogP contribution in [0.5, 0.6) is 0 Å². The topological polar surface area (TPSA) is 68.0 Å². The van der Waals surface area contributed by atoms with Gasteiger partial charge in [0.25, 0.3) is 5.91 Å². The fourth-order valence-corrected chi connectivity index (χ4v) is 2.93. The largest absolute Gasteiger partial charge is 0.384 e. The molecule has 2 rings (SSSR count). The highest BCUT2D eigenvalue weighted by Gasteiger charge is 2.12. The molecular formula is C15H15Br2N3O. The number of hydrogen-bond donors (Lipinski definition) is 2. The third kappa shape index (κ3) is 4.04. The second kappa shape index (κ2) is 6.58. The van der Waals surface area contributed by atoms with Crippen molar-refractivity contribution < 1.29 is 4.79 Å². The molecule has 0 aliphatic carbocycles. The summed E-state index contributed by atoms with van der Waals surface area (Å²) in [6.07, 6.45) is 0. The third-order valence-electron chi connectivity index (χ3n) is 2.90. The zero-order chi connectivity index (χ0) is 15.6. The van der Waals surface area contributed by atoms with Crippen LogP contribution in [0.25, 0.3) is 0 Å². The van der Waals surface area contributed by atoms with E-state index in [-0.39, 0.29) is 11.8 Å². The van der Waals surface area contributed by atoms with E-state index in [1.165, 1.54) is 0 Å². The Bertz CT molecular complexity index is 687. The molecule has 0 spiro atoms. The number of pyridine rings is 1. The molecule has 0 radical (unpaired) electrons. The Morgan fingerprint density at radius 2 is 1.95 bits per heavy atom. The molecule has 0 fully saturated rings. The molecule has 1 heterocycles. The first kappa shape index (κ1) is 16.0. The van der Waals surface area contributed by atoms with Crippen LogP contribution in [0.4, 0.5) is 11.5 Å². The van der Waals surface area contributed by atoms with Crippen molar-refractivity contribution in [2.75, 3.05) is 11.1 Å². The molecule has 1 aromatic carbocycles. The van der Waals surface area contributed by atoms with Crippen molar-refractivity contribution in [3.8, 4) is 0 Å². The number of aromatic nitrogens is 1. The van der Waals surface area contributed by atoms with Gasteiger partial charge in [0.05, 0.1) is 5.69 Å². The van der Waals surface area contributed by atoms with E-state index in [0.29, 0.717) is 17.1 Å². The minimum Gasteiger partial charge on any atom is -0.384 e. The maximum Gasteiger partial charge on any atom is 0.255 e. The van der Waals surface area contributed by atoms with E-state index in [1.54, 1.807) is 12.1 Å². The summed E-state index contributed by atoms with van der Waals surface area (Å²) >= 11 is 6.79. The number of nitrogens with zero attached hydrogens (tertiary/aromatic N) is 1. The Kier molecular flexibility index (Phi) is 5.00. The molecule has 1 amide bonds. The predicted octanol–water partition coefficient (Wildman–Crippen LogP) is 4.56. The maximum atomic E-state index is 12.4. The molecule has 0 saturated carbocycles. The Balaban J connectivity index is 2.28. The van der Waals surface area contributed by atoms with Crippen LogP contribution >= 0.6 is 31.9 Å². The fraction of sp³-hybridized carbons (Fsp3) is 0.200. The van der Waals surface area contributed by atoms with E-state index in [1.807, 2.05) is 32.0 Å². The van der Waals surface area contributed by atoms with Crippen molar-refractivity contribution in [3.63, 3.8) is 0 Å². The van der Waals surface area contributed by atoms with E-state index in [2.05, 4.69) is 42.2 Å². The number of amides is 1. The quantitative estimate of drug-likeness (QED) is 0.775. The van der Waals surface area contributed by atoms with Crippen LogP contribution in [0.2, 0.25) is 0 Å². The summed E-state index contributed by atoms with van der Waals surface area (Å²) in [5.41, 5.74) is 7.77. The average molecular weight is 413 g/mol. The molecule has 2 aromatic rings. The molecule has 6 heteroatoms. The molecule has 0 atom stereocenters. The highest BCUT2D eigenvalue weighted by atomic mass is 79.9. The zero-order valence-corrected chi connectivity index (χ0v) is 14.8. The summed E-state index contributed by atoms with van der Waals surface area (Å²) in [7, 11) is 0. The Morgan fingerprint density at radius 1 is 1.24 bits per heavy atom. The van der Waals surface area contributed by atoms with Gasteiger partial charge in [-0.25, -0.2) is 4.98 Å². The first-order valence-corrected chi connectivity index (χ1v) is 7.99. The van der Waals surface area contributed by atoms with Gasteiger partial charge in [0.2, 0.25) is 0 Å². The van der Waals surface area contributed by atoms with Gasteiger partial charge in [-0.3, -0.25) is 4.79 Å². The molecule has 4 nitrogen and oxygen atoms in total. The fourth-order valence-electron chi connectivity index (χ4n) is 1.79. The smallest absolute Gasteiger partial charge is 0.255 e. The maximum absolute atomic E-state index is 12.4. The van der Waals surface area contributed by atoms with Crippen molar-refractivity contribution in [1.29, 1.82) is 0 Å². The third-order valence-corrected chi connectivity index (χ3v) is 4.05. The van der Waals surface area contributed by atoms with Crippen molar-refractivity contribution in [2.24, 2.45) is 0 Å². The van der Waals surface area contributed by atoms with Crippen LogP contribution in [0.15, 0.2) is 39.3 Å². The molecule has 0 aliphatic heterocycles. The highest BCUT2D eigenvalue weighted by molar-refractivity contribution is 9.11. The zero-order valence-electron chi connectivity index (χ0n) is 11.7. The summed E-state index contributed by atoms with van der Waals surface area (Å²) in [5, 5.41) is 2.86. The van der Waals surface area contributed by atoms with Gasteiger partial charge < -0.3 is 11.1 Å². The minimum absolute atomic E-state index is 0.208. The lowest BCUT2D eigenvalue weighted by Gasteiger charge is -2.11. The van der Waals surface area contributed by atoms with Crippen LogP contribution in [-0.4, -0.2) is 10.9 Å². The lowest BCUT2D eigenvalue weighted by molar-refractivity contribution is 0.102. The Hall–Kier alpha value is -1.40. The normalized spacial score (nSPS) is 10.7. The van der Waals surface area contributed by atoms with E-state index in [0.717, 1.165) is 14.6 Å². The molecule has 0 aliphatic rings. The minimum atomic E-state index is -0.214. The number of rotatable bonds is 3. The Morgan fingerprint density at radius 3 is 2.57 bits per heavy atom. The van der Waals surface area contributed by atoms with Gasteiger partial charge in [0.15, 0.2) is 0 Å². The SMILES string of the molecule is CC(C)c1cc(C(=O)Nc2ccc(Br)cc2Br)cc(N)n1. The number of halogens is 2. The van der Waals surface area contributed by atoms with Crippen LogP contribution in [0.3, 0.4) is 0 Å². The first-order valence-electron chi connectivity index (χ1n) is 6.40. The molecule has 0 saturated heterocycles. The summed E-state index contributed by atoms with van der Waals surface area (Å²) in [5.74, 6) is 0.342. The number of carbonyl (C=O) groups is 1. The van der Waals surface area contributed by atoms with Gasteiger partial charge in [0, 0.05) is 20.2 Å². The second-order valence-electron chi connectivity index (χ2n) is 4.94. The average Bonchev–Trinajstić information content (AvgIpc) is 2.41. The van der Waals surface area contributed by atoms with Crippen LogP contribution in [-0.2, 0) is 0 Å². The molecular weight excluding hydrogens is 398 g/mol. The van der Waals surface area contributed by atoms with E-state index in [4.69, 9.17) is 5.73 Å². The summed E-state index contributed by atoms with van der Waals surface area (Å²) in [6, 6.07) is 8.90. The van der Waals surface area contributed by atoms with Crippen molar-refractivity contribution in [2.45, 2.75) is 19.8 Å². The summed E-state index contributed by atoms with van der Waals surface area (Å²) < 4.78 is 1.74. The summed E-state index contributed by atoms with van der Waals surface area (Å²) in [6.45, 7) is 4.02. The number of nitrogens with one attached hydrogen (secondary N) is 1. The van der Waals surface area contributed by atoms with Gasteiger partial charge in [-0.05, 0) is 52.2 Å². The van der Waals surface area contributed by atoms with Crippen LogP contribution in [0.1, 0.15) is 35.8 Å². The number of nitrogens with two attached hydrogens (primary N) is 1. The second-order valence-corrected chi connectivity index (χ2v) is 6.71. The van der Waals surface area contributed by atoms with E-state index < -0.39 is 0 Å². The van der Waals surface area contributed by atoms with Crippen molar-refractivity contribution in [3.05, 3.63) is 50.5 Å². The van der Waals surface area contributed by atoms with Gasteiger partial charge in [0.1, 0.15) is 5.82 Å². The van der Waals surface area contributed by atoms with Crippen molar-refractivity contribution >= 4 is 49.3 Å². The standard InChI is InChI=1S/C15H15Br2N3O/c1-8(2)13-5-9(6-14(18)19-13)15(21)20-12-4-3-10(16)7-11(12)17/h3-8H,1-2H3,(H2,18,19)(H,20,21). The van der Waals surface area contributed by atoms with Gasteiger partial charge in [-0.1, -0.05) is 29.8 Å². The number of hydrogen-bond acceptors (Lipinski definition) is 3. The van der Waals surface area contributed by atoms with Gasteiger partial charge in [-0.2, -0.15) is 0 Å². The van der Waals surface area contributed by atoms with E-state index in [9.17, 15) is 4.79 Å². The molecule has 0 unspecified atom stereocenters. The van der Waals surface area contributed by atoms with E-state index >= 15 is 0 Å².